The number of hydrogen-bond acceptors (Lipinski definition) is 2. The number of para-hydroxylation sites is 1. The average Bonchev–Trinajstić information content (AvgIpc) is 3.33. The van der Waals surface area contributed by atoms with Crippen molar-refractivity contribution in [3.05, 3.63) is 42.0 Å². The predicted molar refractivity (Wildman–Crippen MR) is 102 cm³/mol. The van der Waals surface area contributed by atoms with Crippen LogP contribution in [0.4, 0.5) is 0 Å². The first kappa shape index (κ1) is 19.1. The Morgan fingerprint density at radius 3 is 2.46 bits per heavy atom. The minimum absolute atomic E-state index is 0.0451. The van der Waals surface area contributed by atoms with Gasteiger partial charge in [0.1, 0.15) is 18.0 Å². The lowest BCUT2D eigenvalue weighted by atomic mass is 10.0. The summed E-state index contributed by atoms with van der Waals surface area (Å²) in [5.74, 6) is 1.03. The number of hydrogen-bond donors (Lipinski definition) is 0. The van der Waals surface area contributed by atoms with Gasteiger partial charge in [0.2, 0.25) is 0 Å². The lowest BCUT2D eigenvalue weighted by Crippen LogP contribution is -2.17. The first-order valence-electron chi connectivity index (χ1n) is 9.73. The number of allylic oxidation sites excluding steroid dienone is 2. The monoisotopic (exact) mass is 330 g/mol. The van der Waals surface area contributed by atoms with Crippen LogP contribution in [0.2, 0.25) is 0 Å². The summed E-state index contributed by atoms with van der Waals surface area (Å²) >= 11 is 0. The van der Waals surface area contributed by atoms with Crippen molar-refractivity contribution in [1.29, 1.82) is 0 Å². The molecule has 134 valence electrons. The molecule has 1 heterocycles. The summed E-state index contributed by atoms with van der Waals surface area (Å²) in [7, 11) is 0. The van der Waals surface area contributed by atoms with Gasteiger partial charge in [-0.3, -0.25) is 0 Å². The predicted octanol–water partition coefficient (Wildman–Crippen LogP) is 6.09. The highest BCUT2D eigenvalue weighted by Gasteiger charge is 2.40. The van der Waals surface area contributed by atoms with Crippen molar-refractivity contribution >= 4 is 0 Å². The van der Waals surface area contributed by atoms with E-state index in [1.54, 1.807) is 0 Å². The molecule has 1 atom stereocenters. The average molecular weight is 331 g/mol. The molecule has 0 radical (unpaired) electrons. The standard InChI is InChI=1S/C22H34O2/c1-3-4-5-6-7-8-9-10-11-12-15-20-16-13-14-17-21(20)23-18-22(2)19-24-22/h7-8,13-14,16-17H,3-6,9-12,15,18-19H2,1-2H3/b8-7+. The van der Waals surface area contributed by atoms with E-state index in [0.717, 1.165) is 18.8 Å². The van der Waals surface area contributed by atoms with Crippen molar-refractivity contribution in [2.45, 2.75) is 77.2 Å². The molecule has 1 aromatic rings. The molecular weight excluding hydrogens is 296 g/mol. The fraction of sp³-hybridized carbons (Fsp3) is 0.636. The molecule has 0 saturated carbocycles. The molecule has 1 aliphatic rings. The number of rotatable bonds is 13. The van der Waals surface area contributed by atoms with E-state index in [1.807, 2.05) is 0 Å². The summed E-state index contributed by atoms with van der Waals surface area (Å²) in [6.07, 6.45) is 16.1. The SMILES string of the molecule is CCCCC/C=C/CCCCCc1ccccc1OCC1(C)CO1. The summed E-state index contributed by atoms with van der Waals surface area (Å²) < 4.78 is 11.4. The van der Waals surface area contributed by atoms with Crippen molar-refractivity contribution in [2.24, 2.45) is 0 Å². The molecule has 0 aliphatic carbocycles. The number of benzene rings is 1. The van der Waals surface area contributed by atoms with Crippen molar-refractivity contribution in [3.8, 4) is 5.75 Å². The first-order valence-corrected chi connectivity index (χ1v) is 9.73. The van der Waals surface area contributed by atoms with E-state index in [-0.39, 0.29) is 5.60 Å². The van der Waals surface area contributed by atoms with Gasteiger partial charge in [-0.15, -0.1) is 0 Å². The Balaban J connectivity index is 1.58. The van der Waals surface area contributed by atoms with Crippen LogP contribution in [-0.2, 0) is 11.2 Å². The highest BCUT2D eigenvalue weighted by molar-refractivity contribution is 5.33. The number of ether oxygens (including phenoxy) is 2. The lowest BCUT2D eigenvalue weighted by molar-refractivity contribution is 0.201. The quantitative estimate of drug-likeness (QED) is 0.248. The van der Waals surface area contributed by atoms with Gasteiger partial charge in [0.25, 0.3) is 0 Å². The summed E-state index contributed by atoms with van der Waals surface area (Å²) in [6, 6.07) is 8.44. The second-order valence-electron chi connectivity index (χ2n) is 7.20. The van der Waals surface area contributed by atoms with Crippen LogP contribution >= 0.6 is 0 Å². The van der Waals surface area contributed by atoms with E-state index in [9.17, 15) is 0 Å². The number of epoxide rings is 1. The largest absolute Gasteiger partial charge is 0.490 e. The molecule has 1 saturated heterocycles. The van der Waals surface area contributed by atoms with E-state index in [2.05, 4.69) is 50.3 Å². The molecule has 0 amide bonds. The van der Waals surface area contributed by atoms with Crippen LogP contribution in [0.5, 0.6) is 5.75 Å². The third-order valence-corrected chi connectivity index (χ3v) is 4.60. The van der Waals surface area contributed by atoms with Crippen LogP contribution in [-0.4, -0.2) is 18.8 Å². The van der Waals surface area contributed by atoms with Crippen LogP contribution in [0.25, 0.3) is 0 Å². The van der Waals surface area contributed by atoms with E-state index < -0.39 is 0 Å². The fourth-order valence-electron chi connectivity index (χ4n) is 2.79. The third kappa shape index (κ3) is 7.53. The van der Waals surface area contributed by atoms with Gasteiger partial charge < -0.3 is 9.47 Å². The molecule has 0 bridgehead atoms. The molecule has 2 rings (SSSR count). The molecule has 24 heavy (non-hydrogen) atoms. The highest BCUT2D eigenvalue weighted by atomic mass is 16.6. The zero-order chi connectivity index (χ0) is 17.1. The second kappa shape index (κ2) is 10.6. The summed E-state index contributed by atoms with van der Waals surface area (Å²) in [5.41, 5.74) is 1.29. The van der Waals surface area contributed by atoms with Gasteiger partial charge in [0, 0.05) is 0 Å². The second-order valence-corrected chi connectivity index (χ2v) is 7.20. The third-order valence-electron chi connectivity index (χ3n) is 4.60. The number of aryl methyl sites for hydroxylation is 1. The maximum absolute atomic E-state index is 5.97. The zero-order valence-electron chi connectivity index (χ0n) is 15.6. The molecule has 1 aliphatic heterocycles. The normalized spacial score (nSPS) is 19.8. The van der Waals surface area contributed by atoms with Crippen LogP contribution in [0.3, 0.4) is 0 Å². The molecular formula is C22H34O2. The molecule has 2 heteroatoms. The van der Waals surface area contributed by atoms with Crippen molar-refractivity contribution < 1.29 is 9.47 Å². The minimum Gasteiger partial charge on any atom is -0.490 e. The maximum Gasteiger partial charge on any atom is 0.123 e. The molecule has 1 fully saturated rings. The fourth-order valence-corrected chi connectivity index (χ4v) is 2.79. The summed E-state index contributed by atoms with van der Waals surface area (Å²) in [6.45, 7) is 5.84. The Morgan fingerprint density at radius 2 is 1.75 bits per heavy atom. The Kier molecular flexibility index (Phi) is 8.38. The van der Waals surface area contributed by atoms with Crippen molar-refractivity contribution in [1.82, 2.24) is 0 Å². The Labute approximate surface area is 148 Å². The van der Waals surface area contributed by atoms with Gasteiger partial charge in [-0.25, -0.2) is 0 Å². The van der Waals surface area contributed by atoms with Gasteiger partial charge >= 0.3 is 0 Å². The van der Waals surface area contributed by atoms with E-state index in [4.69, 9.17) is 9.47 Å². The van der Waals surface area contributed by atoms with Crippen LogP contribution in [0.15, 0.2) is 36.4 Å². The van der Waals surface area contributed by atoms with Crippen molar-refractivity contribution in [2.75, 3.05) is 13.2 Å². The van der Waals surface area contributed by atoms with Crippen LogP contribution < -0.4 is 4.74 Å². The molecule has 2 nitrogen and oxygen atoms in total. The zero-order valence-corrected chi connectivity index (χ0v) is 15.6. The van der Waals surface area contributed by atoms with Gasteiger partial charge in [-0.05, 0) is 57.1 Å². The van der Waals surface area contributed by atoms with Gasteiger partial charge in [-0.1, -0.05) is 56.5 Å². The summed E-state index contributed by atoms with van der Waals surface area (Å²) in [4.78, 5) is 0. The smallest absolute Gasteiger partial charge is 0.123 e. The van der Waals surface area contributed by atoms with Gasteiger partial charge in [0.05, 0.1) is 6.61 Å². The molecule has 0 spiro atoms. The van der Waals surface area contributed by atoms with E-state index in [1.165, 1.54) is 56.9 Å². The maximum atomic E-state index is 5.97. The molecule has 1 unspecified atom stereocenters. The van der Waals surface area contributed by atoms with E-state index >= 15 is 0 Å². The van der Waals surface area contributed by atoms with Gasteiger partial charge in [-0.2, -0.15) is 0 Å². The highest BCUT2D eigenvalue weighted by Crippen LogP contribution is 2.28. The Hall–Kier alpha value is -1.28. The molecule has 1 aromatic carbocycles. The topological polar surface area (TPSA) is 21.8 Å². The Morgan fingerprint density at radius 1 is 1.04 bits per heavy atom. The first-order chi connectivity index (χ1) is 11.7. The number of unbranched alkanes of at least 4 members (excludes halogenated alkanes) is 6. The van der Waals surface area contributed by atoms with Gasteiger partial charge in [0.15, 0.2) is 0 Å². The van der Waals surface area contributed by atoms with E-state index in [0.29, 0.717) is 6.61 Å². The lowest BCUT2D eigenvalue weighted by Gasteiger charge is -2.13. The molecule has 0 N–H and O–H groups in total. The molecule has 0 aromatic heterocycles. The Bertz CT molecular complexity index is 488. The van der Waals surface area contributed by atoms with Crippen LogP contribution in [0.1, 0.15) is 70.8 Å². The van der Waals surface area contributed by atoms with Crippen molar-refractivity contribution in [3.63, 3.8) is 0 Å². The summed E-state index contributed by atoms with van der Waals surface area (Å²) in [5, 5.41) is 0. The van der Waals surface area contributed by atoms with Crippen LogP contribution in [0, 0.1) is 0 Å². The minimum atomic E-state index is -0.0451.